The first-order chi connectivity index (χ1) is 9.18. The van der Waals surface area contributed by atoms with Crippen LogP contribution < -0.4 is 0 Å². The Morgan fingerprint density at radius 1 is 1.05 bits per heavy atom. The van der Waals surface area contributed by atoms with E-state index in [-0.39, 0.29) is 0 Å². The summed E-state index contributed by atoms with van der Waals surface area (Å²) in [4.78, 5) is 4.97. The minimum atomic E-state index is -1.17. The molecule has 0 saturated carbocycles. The van der Waals surface area contributed by atoms with Crippen molar-refractivity contribution in [3.63, 3.8) is 0 Å². The van der Waals surface area contributed by atoms with Gasteiger partial charge in [0.15, 0.2) is 0 Å². The van der Waals surface area contributed by atoms with Crippen LogP contribution in [0.2, 0.25) is 0 Å². The molecule has 0 aliphatic carbocycles. The number of fused-ring (bicyclic) bond motifs is 1. The van der Waals surface area contributed by atoms with Crippen LogP contribution >= 0.6 is 15.9 Å². The van der Waals surface area contributed by atoms with Gasteiger partial charge in [-0.1, -0.05) is 40.2 Å². The average molecular weight is 334 g/mol. The molecule has 3 rings (SSSR count). The molecule has 0 aliphatic heterocycles. The molecular formula is C15H12BrNOS. The molecule has 0 spiro atoms. The van der Waals surface area contributed by atoms with E-state index >= 15 is 0 Å². The van der Waals surface area contributed by atoms with E-state index in [1.165, 1.54) is 0 Å². The number of aromatic amines is 1. The first-order valence-corrected chi connectivity index (χ1v) is 7.86. The van der Waals surface area contributed by atoms with E-state index in [9.17, 15) is 4.21 Å². The predicted molar refractivity (Wildman–Crippen MR) is 81.9 cm³/mol. The monoisotopic (exact) mass is 333 g/mol. The smallest absolute Gasteiger partial charge is 0.0874 e. The molecule has 0 saturated heterocycles. The van der Waals surface area contributed by atoms with E-state index < -0.39 is 10.8 Å². The van der Waals surface area contributed by atoms with Gasteiger partial charge in [0.2, 0.25) is 0 Å². The van der Waals surface area contributed by atoms with Gasteiger partial charge < -0.3 is 4.98 Å². The largest absolute Gasteiger partial charge is 0.358 e. The lowest BCUT2D eigenvalue weighted by Crippen LogP contribution is -1.94. The van der Waals surface area contributed by atoms with Gasteiger partial charge in [0, 0.05) is 26.0 Å². The number of aromatic nitrogens is 1. The summed E-state index contributed by atoms with van der Waals surface area (Å²) in [6.07, 6.45) is 0. The Balaban J connectivity index is 2.26. The SMILES string of the molecule is Cc1[nH]c2cccc(Br)c2c1S(=O)c1ccccc1. The highest BCUT2D eigenvalue weighted by molar-refractivity contribution is 9.10. The van der Waals surface area contributed by atoms with Crippen LogP contribution in [0.4, 0.5) is 0 Å². The molecule has 96 valence electrons. The van der Waals surface area contributed by atoms with Crippen LogP contribution in [0.5, 0.6) is 0 Å². The molecule has 0 amide bonds. The number of hydrogen-bond acceptors (Lipinski definition) is 1. The van der Waals surface area contributed by atoms with Gasteiger partial charge in [-0.15, -0.1) is 0 Å². The van der Waals surface area contributed by atoms with Crippen molar-refractivity contribution in [2.45, 2.75) is 16.7 Å². The fourth-order valence-corrected chi connectivity index (χ4v) is 4.27. The van der Waals surface area contributed by atoms with E-state index in [1.54, 1.807) is 0 Å². The van der Waals surface area contributed by atoms with Crippen LogP contribution in [0.1, 0.15) is 5.69 Å². The maximum absolute atomic E-state index is 12.8. The lowest BCUT2D eigenvalue weighted by Gasteiger charge is -2.03. The third kappa shape index (κ3) is 2.15. The minimum Gasteiger partial charge on any atom is -0.358 e. The minimum absolute atomic E-state index is 0.822. The molecule has 0 aliphatic rings. The van der Waals surface area contributed by atoms with Gasteiger partial charge in [-0.25, -0.2) is 4.21 Å². The Morgan fingerprint density at radius 3 is 2.53 bits per heavy atom. The summed E-state index contributed by atoms with van der Waals surface area (Å²) in [5.74, 6) is 0. The lowest BCUT2D eigenvalue weighted by atomic mass is 10.2. The molecule has 1 heterocycles. The molecule has 0 radical (unpaired) electrons. The molecule has 19 heavy (non-hydrogen) atoms. The van der Waals surface area contributed by atoms with E-state index in [2.05, 4.69) is 20.9 Å². The second kappa shape index (κ2) is 4.94. The molecule has 1 atom stereocenters. The zero-order valence-corrected chi connectivity index (χ0v) is 12.7. The molecule has 4 heteroatoms. The number of H-pyrrole nitrogens is 1. The summed E-state index contributed by atoms with van der Waals surface area (Å²) < 4.78 is 13.7. The van der Waals surface area contributed by atoms with Crippen molar-refractivity contribution in [1.29, 1.82) is 0 Å². The molecule has 3 aromatic rings. The van der Waals surface area contributed by atoms with Crippen LogP contribution in [0.15, 0.2) is 62.8 Å². The first kappa shape index (κ1) is 12.6. The molecule has 0 bridgehead atoms. The van der Waals surface area contributed by atoms with Gasteiger partial charge in [0.25, 0.3) is 0 Å². The maximum atomic E-state index is 12.8. The Kier molecular flexibility index (Phi) is 3.29. The summed E-state index contributed by atoms with van der Waals surface area (Å²) in [5, 5.41) is 1.00. The van der Waals surface area contributed by atoms with Crippen LogP contribution in [-0.4, -0.2) is 9.19 Å². The van der Waals surface area contributed by atoms with Crippen LogP contribution in [0.25, 0.3) is 10.9 Å². The van der Waals surface area contributed by atoms with Gasteiger partial charge in [-0.05, 0) is 31.2 Å². The van der Waals surface area contributed by atoms with Gasteiger partial charge in [-0.2, -0.15) is 0 Å². The van der Waals surface area contributed by atoms with Crippen molar-refractivity contribution < 1.29 is 4.21 Å². The summed E-state index contributed by atoms with van der Waals surface area (Å²) in [6.45, 7) is 1.96. The highest BCUT2D eigenvalue weighted by atomic mass is 79.9. The van der Waals surface area contributed by atoms with Gasteiger partial charge in [0.05, 0.1) is 15.7 Å². The molecule has 1 unspecified atom stereocenters. The number of nitrogens with one attached hydrogen (secondary N) is 1. The molecule has 2 aromatic carbocycles. The van der Waals surface area contributed by atoms with Crippen LogP contribution in [-0.2, 0) is 10.8 Å². The zero-order chi connectivity index (χ0) is 13.4. The fraction of sp³-hybridized carbons (Fsp3) is 0.0667. The van der Waals surface area contributed by atoms with Crippen molar-refractivity contribution in [3.05, 3.63) is 58.7 Å². The lowest BCUT2D eigenvalue weighted by molar-refractivity contribution is 0.683. The van der Waals surface area contributed by atoms with Gasteiger partial charge in [-0.3, -0.25) is 0 Å². The second-order valence-electron chi connectivity index (χ2n) is 4.32. The van der Waals surface area contributed by atoms with E-state index in [4.69, 9.17) is 0 Å². The predicted octanol–water partition coefficient (Wildman–Crippen LogP) is 4.41. The van der Waals surface area contributed by atoms with Crippen molar-refractivity contribution in [3.8, 4) is 0 Å². The summed E-state index contributed by atoms with van der Waals surface area (Å²) >= 11 is 3.55. The number of aryl methyl sites for hydroxylation is 1. The van der Waals surface area contributed by atoms with Crippen LogP contribution in [0.3, 0.4) is 0 Å². The first-order valence-electron chi connectivity index (χ1n) is 5.92. The third-order valence-electron chi connectivity index (χ3n) is 3.05. The third-order valence-corrected chi connectivity index (χ3v) is 5.29. The number of hydrogen-bond donors (Lipinski definition) is 1. The van der Waals surface area contributed by atoms with Crippen molar-refractivity contribution in [2.75, 3.05) is 0 Å². The van der Waals surface area contributed by atoms with Crippen LogP contribution in [0, 0.1) is 6.92 Å². The topological polar surface area (TPSA) is 32.9 Å². The number of halogens is 1. The molecule has 1 N–H and O–H groups in total. The Bertz CT molecular complexity index is 764. The van der Waals surface area contributed by atoms with E-state index in [0.717, 1.165) is 30.9 Å². The van der Waals surface area contributed by atoms with Crippen molar-refractivity contribution in [1.82, 2.24) is 4.98 Å². The van der Waals surface area contributed by atoms with Gasteiger partial charge >= 0.3 is 0 Å². The molecule has 0 fully saturated rings. The number of rotatable bonds is 2. The second-order valence-corrected chi connectivity index (χ2v) is 6.59. The quantitative estimate of drug-likeness (QED) is 0.740. The molecular weight excluding hydrogens is 322 g/mol. The normalized spacial score (nSPS) is 12.7. The highest BCUT2D eigenvalue weighted by Crippen LogP contribution is 2.33. The Hall–Kier alpha value is -1.39. The highest BCUT2D eigenvalue weighted by Gasteiger charge is 2.17. The fourth-order valence-electron chi connectivity index (χ4n) is 2.20. The standard InChI is InChI=1S/C15H12BrNOS/c1-10-15(19(18)11-6-3-2-4-7-11)14-12(16)8-5-9-13(14)17-10/h2-9,17H,1H3. The Labute approximate surface area is 122 Å². The Morgan fingerprint density at radius 2 is 1.79 bits per heavy atom. The number of benzene rings is 2. The summed E-state index contributed by atoms with van der Waals surface area (Å²) in [5.41, 5.74) is 1.95. The van der Waals surface area contributed by atoms with Gasteiger partial charge in [0.1, 0.15) is 0 Å². The summed E-state index contributed by atoms with van der Waals surface area (Å²) in [6, 6.07) is 15.5. The average Bonchev–Trinajstić information content (AvgIpc) is 2.76. The van der Waals surface area contributed by atoms with E-state index in [0.29, 0.717) is 0 Å². The zero-order valence-electron chi connectivity index (χ0n) is 10.3. The van der Waals surface area contributed by atoms with E-state index in [1.807, 2.05) is 55.5 Å². The summed E-state index contributed by atoms with van der Waals surface area (Å²) in [7, 11) is -1.17. The molecule has 2 nitrogen and oxygen atoms in total. The van der Waals surface area contributed by atoms with Crippen molar-refractivity contribution in [2.24, 2.45) is 0 Å². The molecule has 1 aromatic heterocycles. The maximum Gasteiger partial charge on any atom is 0.0874 e. The van der Waals surface area contributed by atoms with Crippen molar-refractivity contribution >= 4 is 37.6 Å².